The Bertz CT molecular complexity index is 1650. The first-order valence-corrected chi connectivity index (χ1v) is 16.4. The SMILES string of the molecule is CC[C@H](C)NC(=O)[C@@H](Cc1ccccc1)N(Cc1ccc(C)cc1)C(=O)CN(c1ccccc1Cl)S(=O)(=O)c1ccccc1. The van der Waals surface area contributed by atoms with E-state index in [1.165, 1.54) is 17.0 Å². The van der Waals surface area contributed by atoms with Gasteiger partial charge in [-0.15, -0.1) is 0 Å². The lowest BCUT2D eigenvalue weighted by molar-refractivity contribution is -0.140. The summed E-state index contributed by atoms with van der Waals surface area (Å²) in [5, 5.41) is 3.23. The zero-order valence-corrected chi connectivity index (χ0v) is 26.8. The predicted molar refractivity (Wildman–Crippen MR) is 176 cm³/mol. The van der Waals surface area contributed by atoms with E-state index in [2.05, 4.69) is 5.32 Å². The van der Waals surface area contributed by atoms with Crippen molar-refractivity contribution in [2.24, 2.45) is 0 Å². The second-order valence-corrected chi connectivity index (χ2v) is 13.1. The molecule has 1 N–H and O–H groups in total. The van der Waals surface area contributed by atoms with Gasteiger partial charge < -0.3 is 10.2 Å². The monoisotopic (exact) mass is 631 g/mol. The van der Waals surface area contributed by atoms with Crippen LogP contribution in [-0.4, -0.2) is 43.8 Å². The molecule has 0 aromatic heterocycles. The Hall–Kier alpha value is -4.14. The standard InChI is InChI=1S/C35H38ClN3O4S/c1-4-27(3)37-35(41)33(23-28-13-7-5-8-14-28)38(24-29-21-19-26(2)20-22-29)34(40)25-39(32-18-12-11-17-31(32)36)44(42,43)30-15-9-6-10-16-30/h5-22,27,33H,4,23-25H2,1-3H3,(H,37,41)/t27-,33+/m0/s1. The second-order valence-electron chi connectivity index (χ2n) is 10.8. The van der Waals surface area contributed by atoms with E-state index in [1.807, 2.05) is 75.4 Å². The summed E-state index contributed by atoms with van der Waals surface area (Å²) in [6, 6.07) is 30.6. The number of anilines is 1. The van der Waals surface area contributed by atoms with Crippen molar-refractivity contribution in [3.05, 3.63) is 131 Å². The molecule has 7 nitrogen and oxygen atoms in total. The molecule has 0 aliphatic heterocycles. The number of rotatable bonds is 13. The van der Waals surface area contributed by atoms with Crippen LogP contribution < -0.4 is 9.62 Å². The Morgan fingerprint density at radius 2 is 1.41 bits per heavy atom. The molecule has 4 aromatic carbocycles. The summed E-state index contributed by atoms with van der Waals surface area (Å²) in [7, 11) is -4.21. The number of sulfonamides is 1. The van der Waals surface area contributed by atoms with Gasteiger partial charge in [-0.25, -0.2) is 8.42 Å². The Kier molecular flexibility index (Phi) is 11.2. The van der Waals surface area contributed by atoms with Crippen molar-refractivity contribution in [3.63, 3.8) is 0 Å². The smallest absolute Gasteiger partial charge is 0.264 e. The van der Waals surface area contributed by atoms with Gasteiger partial charge in [0.1, 0.15) is 12.6 Å². The van der Waals surface area contributed by atoms with Gasteiger partial charge in [0, 0.05) is 19.0 Å². The third-order valence-electron chi connectivity index (χ3n) is 7.48. The number of benzene rings is 4. The fourth-order valence-electron chi connectivity index (χ4n) is 4.77. The first-order chi connectivity index (χ1) is 21.1. The number of aryl methyl sites for hydroxylation is 1. The molecule has 0 heterocycles. The first-order valence-electron chi connectivity index (χ1n) is 14.6. The van der Waals surface area contributed by atoms with Crippen LogP contribution in [0.2, 0.25) is 5.02 Å². The van der Waals surface area contributed by atoms with Crippen LogP contribution in [0.4, 0.5) is 5.69 Å². The van der Waals surface area contributed by atoms with Gasteiger partial charge in [0.25, 0.3) is 10.0 Å². The van der Waals surface area contributed by atoms with Gasteiger partial charge in [-0.3, -0.25) is 13.9 Å². The molecule has 0 radical (unpaired) electrons. The van der Waals surface area contributed by atoms with Gasteiger partial charge in [-0.05, 0) is 55.7 Å². The van der Waals surface area contributed by atoms with Crippen LogP contribution in [0.15, 0.2) is 114 Å². The maximum Gasteiger partial charge on any atom is 0.264 e. The van der Waals surface area contributed by atoms with Crippen molar-refractivity contribution in [2.75, 3.05) is 10.8 Å². The molecule has 44 heavy (non-hydrogen) atoms. The second kappa shape index (κ2) is 15.0. The lowest BCUT2D eigenvalue weighted by Gasteiger charge is -2.34. The summed E-state index contributed by atoms with van der Waals surface area (Å²) in [5.41, 5.74) is 2.91. The number of carbonyl (C=O) groups excluding carboxylic acids is 2. The third-order valence-corrected chi connectivity index (χ3v) is 9.57. The molecule has 230 valence electrons. The molecule has 0 saturated carbocycles. The van der Waals surface area contributed by atoms with Crippen LogP contribution in [0.25, 0.3) is 0 Å². The van der Waals surface area contributed by atoms with Crippen molar-refractivity contribution in [2.45, 2.75) is 57.1 Å². The van der Waals surface area contributed by atoms with Crippen LogP contribution in [-0.2, 0) is 32.6 Å². The van der Waals surface area contributed by atoms with Crippen LogP contribution in [0.3, 0.4) is 0 Å². The summed E-state index contributed by atoms with van der Waals surface area (Å²) in [5.74, 6) is -0.843. The summed E-state index contributed by atoms with van der Waals surface area (Å²) < 4.78 is 29.1. The van der Waals surface area contributed by atoms with E-state index < -0.39 is 28.5 Å². The predicted octanol–water partition coefficient (Wildman–Crippen LogP) is 6.40. The topological polar surface area (TPSA) is 86.8 Å². The van der Waals surface area contributed by atoms with E-state index in [1.54, 1.807) is 42.5 Å². The number of amides is 2. The molecule has 4 aromatic rings. The Balaban J connectivity index is 1.81. The van der Waals surface area contributed by atoms with E-state index in [-0.39, 0.29) is 40.5 Å². The molecule has 2 amide bonds. The van der Waals surface area contributed by atoms with E-state index in [4.69, 9.17) is 11.6 Å². The Morgan fingerprint density at radius 3 is 2.02 bits per heavy atom. The van der Waals surface area contributed by atoms with Gasteiger partial charge in [-0.1, -0.05) is 109 Å². The van der Waals surface area contributed by atoms with Crippen molar-refractivity contribution in [1.82, 2.24) is 10.2 Å². The minimum Gasteiger partial charge on any atom is -0.352 e. The van der Waals surface area contributed by atoms with E-state index >= 15 is 0 Å². The quantitative estimate of drug-likeness (QED) is 0.185. The number of nitrogens with zero attached hydrogens (tertiary/aromatic N) is 2. The molecule has 2 atom stereocenters. The van der Waals surface area contributed by atoms with Gasteiger partial charge in [0.05, 0.1) is 15.6 Å². The lowest BCUT2D eigenvalue weighted by atomic mass is 10.0. The van der Waals surface area contributed by atoms with Crippen molar-refractivity contribution in [3.8, 4) is 0 Å². The van der Waals surface area contributed by atoms with E-state index in [9.17, 15) is 18.0 Å². The highest BCUT2D eigenvalue weighted by atomic mass is 35.5. The molecule has 0 spiro atoms. The molecule has 0 saturated heterocycles. The van der Waals surface area contributed by atoms with Gasteiger partial charge in [-0.2, -0.15) is 0 Å². The maximum atomic E-state index is 14.5. The zero-order chi connectivity index (χ0) is 31.7. The van der Waals surface area contributed by atoms with E-state index in [0.717, 1.165) is 21.0 Å². The molecule has 4 rings (SSSR count). The van der Waals surface area contributed by atoms with Crippen molar-refractivity contribution >= 4 is 39.1 Å². The lowest BCUT2D eigenvalue weighted by Crippen LogP contribution is -2.54. The average Bonchev–Trinajstić information content (AvgIpc) is 3.03. The number of para-hydroxylation sites is 1. The van der Waals surface area contributed by atoms with E-state index in [0.29, 0.717) is 6.42 Å². The molecule has 0 fully saturated rings. The molecule has 0 bridgehead atoms. The van der Waals surface area contributed by atoms with Crippen LogP contribution in [0.1, 0.15) is 37.0 Å². The van der Waals surface area contributed by atoms with Gasteiger partial charge in [0.2, 0.25) is 11.8 Å². The van der Waals surface area contributed by atoms with Crippen LogP contribution in [0, 0.1) is 6.92 Å². The maximum absolute atomic E-state index is 14.5. The number of hydrogen-bond acceptors (Lipinski definition) is 4. The number of halogens is 1. The van der Waals surface area contributed by atoms with Gasteiger partial charge >= 0.3 is 0 Å². The normalized spacial score (nSPS) is 12.6. The molecule has 0 unspecified atom stereocenters. The first kappa shape index (κ1) is 32.8. The molecular weight excluding hydrogens is 594 g/mol. The average molecular weight is 632 g/mol. The van der Waals surface area contributed by atoms with Gasteiger partial charge in [0.15, 0.2) is 0 Å². The minimum absolute atomic E-state index is 0.0214. The van der Waals surface area contributed by atoms with Crippen molar-refractivity contribution < 1.29 is 18.0 Å². The Morgan fingerprint density at radius 1 is 0.818 bits per heavy atom. The van der Waals surface area contributed by atoms with Crippen LogP contribution in [0.5, 0.6) is 0 Å². The summed E-state index contributed by atoms with van der Waals surface area (Å²) in [6.07, 6.45) is 0.962. The largest absolute Gasteiger partial charge is 0.352 e. The molecule has 9 heteroatoms. The highest BCUT2D eigenvalue weighted by Crippen LogP contribution is 2.31. The molecular formula is C35H38ClN3O4S. The Labute approximate surface area is 265 Å². The summed E-state index contributed by atoms with van der Waals surface area (Å²) >= 11 is 6.52. The summed E-state index contributed by atoms with van der Waals surface area (Å²) in [4.78, 5) is 29.9. The number of hydrogen-bond donors (Lipinski definition) is 1. The number of nitrogens with one attached hydrogen (secondary N) is 1. The fourth-order valence-corrected chi connectivity index (χ4v) is 6.51. The molecule has 0 aliphatic rings. The highest BCUT2D eigenvalue weighted by Gasteiger charge is 2.35. The molecule has 0 aliphatic carbocycles. The number of carbonyl (C=O) groups is 2. The zero-order valence-electron chi connectivity index (χ0n) is 25.2. The van der Waals surface area contributed by atoms with Crippen molar-refractivity contribution in [1.29, 1.82) is 0 Å². The fraction of sp³-hybridized carbons (Fsp3) is 0.257. The minimum atomic E-state index is -4.21. The van der Waals surface area contributed by atoms with Crippen LogP contribution >= 0.6 is 11.6 Å². The third kappa shape index (κ3) is 8.27. The highest BCUT2D eigenvalue weighted by molar-refractivity contribution is 7.92. The summed E-state index contributed by atoms with van der Waals surface area (Å²) in [6.45, 7) is 5.40.